The molecular weight excluding hydrogens is 687 g/mol. The predicted octanol–water partition coefficient (Wildman–Crippen LogP) is 2.56. The van der Waals surface area contributed by atoms with Crippen molar-refractivity contribution in [2.45, 2.75) is 133 Å². The maximum Gasteiger partial charge on any atom is 0.408 e. The van der Waals surface area contributed by atoms with Gasteiger partial charge in [-0.2, -0.15) is 0 Å². The molecule has 5 amide bonds. The van der Waals surface area contributed by atoms with Crippen molar-refractivity contribution in [1.29, 1.82) is 0 Å². The lowest BCUT2D eigenvalue weighted by Gasteiger charge is -2.30. The van der Waals surface area contributed by atoms with Gasteiger partial charge in [0.25, 0.3) is 11.8 Å². The molecule has 3 heterocycles. The van der Waals surface area contributed by atoms with Gasteiger partial charge in [0.15, 0.2) is 5.13 Å². The summed E-state index contributed by atoms with van der Waals surface area (Å²) in [6.07, 6.45) is 7.25. The second kappa shape index (κ2) is 14.9. The van der Waals surface area contributed by atoms with Crippen LogP contribution in [0.5, 0.6) is 0 Å². The highest BCUT2D eigenvalue weighted by molar-refractivity contribution is 7.91. The van der Waals surface area contributed by atoms with Crippen LogP contribution in [0, 0.1) is 5.92 Å². The Bertz CT molecular complexity index is 1620. The Morgan fingerprint density at radius 3 is 2.52 bits per heavy atom. The minimum absolute atomic E-state index is 0.0162. The lowest BCUT2D eigenvalue weighted by Crippen LogP contribution is -2.58. The van der Waals surface area contributed by atoms with Gasteiger partial charge in [-0.15, -0.1) is 11.3 Å². The number of ether oxygens (including phenoxy) is 1. The van der Waals surface area contributed by atoms with Crippen LogP contribution in [-0.4, -0.2) is 95.1 Å². The van der Waals surface area contributed by atoms with E-state index in [9.17, 15) is 32.4 Å². The number of nitrogens with zero attached hydrogens (tertiary/aromatic N) is 2. The van der Waals surface area contributed by atoms with Gasteiger partial charge in [-0.1, -0.05) is 25.0 Å². The molecule has 276 valence electrons. The summed E-state index contributed by atoms with van der Waals surface area (Å²) in [4.78, 5) is 73.8. The lowest BCUT2D eigenvalue weighted by molar-refractivity contribution is -0.141. The van der Waals surface area contributed by atoms with Gasteiger partial charge in [-0.05, 0) is 79.6 Å². The first kappa shape index (κ1) is 37.5. The predicted molar refractivity (Wildman–Crippen MR) is 187 cm³/mol. The van der Waals surface area contributed by atoms with Gasteiger partial charge in [0, 0.05) is 29.9 Å². The van der Waals surface area contributed by atoms with Gasteiger partial charge < -0.3 is 30.9 Å². The number of thiazole rings is 1. The van der Waals surface area contributed by atoms with Gasteiger partial charge >= 0.3 is 6.09 Å². The first-order chi connectivity index (χ1) is 23.5. The summed E-state index contributed by atoms with van der Waals surface area (Å²) in [6, 6.07) is -2.71. The molecule has 0 unspecified atom stereocenters. The lowest BCUT2D eigenvalue weighted by atomic mass is 10.0. The van der Waals surface area contributed by atoms with E-state index in [-0.39, 0.29) is 31.1 Å². The van der Waals surface area contributed by atoms with Crippen molar-refractivity contribution in [2.75, 3.05) is 11.9 Å². The molecule has 0 spiro atoms. The maximum absolute atomic E-state index is 14.3. The number of fused-ring (bicyclic) bond motifs is 2. The fourth-order valence-corrected chi connectivity index (χ4v) is 8.51. The largest absolute Gasteiger partial charge is 0.444 e. The molecule has 0 aromatic carbocycles. The van der Waals surface area contributed by atoms with Gasteiger partial charge in [-0.3, -0.25) is 23.9 Å². The van der Waals surface area contributed by atoms with E-state index >= 15 is 0 Å². The highest BCUT2D eigenvalue weighted by Gasteiger charge is 2.62. The van der Waals surface area contributed by atoms with E-state index in [1.54, 1.807) is 26.2 Å². The number of rotatable bonds is 8. The number of nitrogens with one attached hydrogen (secondary N) is 5. The molecule has 2 aliphatic heterocycles. The number of carbonyl (C=O) groups is 5. The zero-order chi connectivity index (χ0) is 36.4. The van der Waals surface area contributed by atoms with Crippen molar-refractivity contribution in [3.63, 3.8) is 0 Å². The van der Waals surface area contributed by atoms with Crippen molar-refractivity contribution in [1.82, 2.24) is 30.6 Å². The number of sulfonamides is 1. The van der Waals surface area contributed by atoms with Crippen LogP contribution in [0.4, 0.5) is 9.93 Å². The fourth-order valence-electron chi connectivity index (χ4n) is 6.31. The summed E-state index contributed by atoms with van der Waals surface area (Å²) in [7, 11) is -3.89. The van der Waals surface area contributed by atoms with Crippen LogP contribution in [-0.2, 0) is 29.1 Å². The third-order valence-electron chi connectivity index (χ3n) is 9.06. The number of hydrogen-bond donors (Lipinski definition) is 5. The Labute approximate surface area is 297 Å². The SMILES string of the molecule is CC(C)Nc1nc(C(=O)N[C@@H]2C[C@H]3C(=O)N[C@]4(C(=O)NS(=O)(=O)C5CC5)C[C@H]4/C=C\CCCCC[C@H](NC(=O)OC(C)(C)C)C(=O)N3C2)cs1. The molecule has 2 aliphatic carbocycles. The summed E-state index contributed by atoms with van der Waals surface area (Å²) in [5, 5.41) is 13.1. The summed E-state index contributed by atoms with van der Waals surface area (Å²) in [6.45, 7) is 8.99. The van der Waals surface area contributed by atoms with Crippen LogP contribution in [0.1, 0.15) is 103 Å². The first-order valence-corrected chi connectivity index (χ1v) is 19.8. The Kier molecular flexibility index (Phi) is 11.2. The Morgan fingerprint density at radius 2 is 1.84 bits per heavy atom. The number of aromatic nitrogens is 1. The number of hydrogen-bond acceptors (Lipinski definition) is 11. The second-order valence-electron chi connectivity index (χ2n) is 15.0. The molecule has 0 bridgehead atoms. The van der Waals surface area contributed by atoms with Crippen molar-refractivity contribution in [3.05, 3.63) is 23.2 Å². The van der Waals surface area contributed by atoms with E-state index in [0.717, 1.165) is 12.8 Å². The van der Waals surface area contributed by atoms with Gasteiger partial charge in [0.05, 0.1) is 5.25 Å². The van der Waals surface area contributed by atoms with E-state index in [0.29, 0.717) is 37.2 Å². The average molecular weight is 736 g/mol. The number of anilines is 1. The molecule has 4 aliphatic rings. The van der Waals surface area contributed by atoms with E-state index in [2.05, 4.69) is 31.0 Å². The second-order valence-corrected chi connectivity index (χ2v) is 17.8. The highest BCUT2D eigenvalue weighted by atomic mass is 32.2. The van der Waals surface area contributed by atoms with Crippen molar-refractivity contribution >= 4 is 56.2 Å². The molecule has 5 N–H and O–H groups in total. The molecule has 15 nitrogen and oxygen atoms in total. The van der Waals surface area contributed by atoms with Crippen LogP contribution in [0.15, 0.2) is 17.5 Å². The van der Waals surface area contributed by atoms with E-state index in [1.165, 1.54) is 16.2 Å². The number of amides is 5. The number of allylic oxidation sites excluding steroid dienone is 1. The van der Waals surface area contributed by atoms with E-state index in [1.807, 2.05) is 26.0 Å². The minimum atomic E-state index is -3.89. The molecular formula is C33H49N7O8S2. The zero-order valence-electron chi connectivity index (χ0n) is 29.2. The summed E-state index contributed by atoms with van der Waals surface area (Å²) in [5.41, 5.74) is -2.14. The monoisotopic (exact) mass is 735 g/mol. The minimum Gasteiger partial charge on any atom is -0.444 e. The Balaban J connectivity index is 1.41. The van der Waals surface area contributed by atoms with Crippen LogP contribution in [0.3, 0.4) is 0 Å². The van der Waals surface area contributed by atoms with Crippen LogP contribution in [0.2, 0.25) is 0 Å². The van der Waals surface area contributed by atoms with Gasteiger partial charge in [0.1, 0.15) is 28.9 Å². The quantitative estimate of drug-likeness (QED) is 0.247. The van der Waals surface area contributed by atoms with Crippen LogP contribution >= 0.6 is 11.3 Å². The number of carbonyl (C=O) groups excluding carboxylic acids is 5. The first-order valence-electron chi connectivity index (χ1n) is 17.3. The topological polar surface area (TPSA) is 205 Å². The molecule has 1 saturated heterocycles. The highest BCUT2D eigenvalue weighted by Crippen LogP contribution is 2.46. The Hall–Kier alpha value is -3.73. The summed E-state index contributed by atoms with van der Waals surface area (Å²) < 4.78 is 33.1. The molecule has 1 aromatic heterocycles. The smallest absolute Gasteiger partial charge is 0.408 e. The summed E-state index contributed by atoms with van der Waals surface area (Å²) in [5.74, 6) is -2.91. The van der Waals surface area contributed by atoms with E-state index in [4.69, 9.17) is 4.74 Å². The van der Waals surface area contributed by atoms with Crippen molar-refractivity contribution in [3.8, 4) is 0 Å². The fraction of sp³-hybridized carbons (Fsp3) is 0.697. The summed E-state index contributed by atoms with van der Waals surface area (Å²) >= 11 is 1.28. The third-order valence-corrected chi connectivity index (χ3v) is 11.6. The van der Waals surface area contributed by atoms with Crippen molar-refractivity contribution < 1.29 is 37.1 Å². The molecule has 17 heteroatoms. The molecule has 5 rings (SSSR count). The molecule has 0 radical (unpaired) electrons. The molecule has 5 atom stereocenters. The van der Waals surface area contributed by atoms with Crippen LogP contribution in [0.25, 0.3) is 0 Å². The number of alkyl carbamates (subject to hydrolysis) is 1. The zero-order valence-corrected chi connectivity index (χ0v) is 30.9. The van der Waals surface area contributed by atoms with Crippen molar-refractivity contribution in [2.24, 2.45) is 5.92 Å². The normalized spacial score (nSPS) is 28.2. The van der Waals surface area contributed by atoms with Gasteiger partial charge in [-0.25, -0.2) is 18.2 Å². The Morgan fingerprint density at radius 1 is 1.10 bits per heavy atom. The maximum atomic E-state index is 14.3. The molecule has 1 aromatic rings. The standard InChI is InChI=1S/C33H49N7O8S2/c1-19(2)34-30-36-24(18-49-30)26(41)35-21-15-25-27(42)38-33(29(44)39-50(46,47)22-13-14-22)16-20(33)11-9-7-6-8-10-12-23(28(43)40(25)17-21)37-31(45)48-32(3,4)5/h9,11,18-23,25H,6-8,10,12-17H2,1-5H3,(H,34,36)(H,35,41)(H,37,45)(H,38,42)(H,39,44)/b11-9-/t20-,21-,23+,25+,33-/m1/s1. The average Bonchev–Trinajstić information content (AvgIpc) is 3.89. The van der Waals surface area contributed by atoms with Crippen LogP contribution < -0.4 is 26.0 Å². The molecule has 50 heavy (non-hydrogen) atoms. The third kappa shape index (κ3) is 9.33. The molecule has 2 saturated carbocycles. The van der Waals surface area contributed by atoms with E-state index < -0.39 is 80.2 Å². The molecule has 3 fully saturated rings. The van der Waals surface area contributed by atoms with Gasteiger partial charge in [0.2, 0.25) is 21.8 Å².